The number of anilines is 1. The van der Waals surface area contributed by atoms with Crippen molar-refractivity contribution in [1.29, 1.82) is 5.26 Å². The van der Waals surface area contributed by atoms with E-state index in [4.69, 9.17) is 10.00 Å². The number of aromatic nitrogens is 2. The number of morpholine rings is 1. The lowest BCUT2D eigenvalue weighted by atomic mass is 10.2. The van der Waals surface area contributed by atoms with Crippen molar-refractivity contribution in [3.63, 3.8) is 0 Å². The Bertz CT molecular complexity index is 477. The van der Waals surface area contributed by atoms with Crippen molar-refractivity contribution in [2.75, 3.05) is 31.5 Å². The summed E-state index contributed by atoms with van der Waals surface area (Å²) in [7, 11) is 0. The van der Waals surface area contributed by atoms with E-state index in [1.54, 1.807) is 6.20 Å². The zero-order valence-electron chi connectivity index (χ0n) is 12.7. The zero-order valence-corrected chi connectivity index (χ0v) is 12.7. The van der Waals surface area contributed by atoms with Crippen LogP contribution in [0.25, 0.3) is 0 Å². The molecule has 1 fully saturated rings. The van der Waals surface area contributed by atoms with Gasteiger partial charge >= 0.3 is 0 Å². The molecule has 1 aliphatic rings. The van der Waals surface area contributed by atoms with Crippen LogP contribution in [0.5, 0.6) is 0 Å². The summed E-state index contributed by atoms with van der Waals surface area (Å²) in [5, 5.41) is 12.1. The first-order valence-electron chi connectivity index (χ1n) is 7.52. The minimum atomic E-state index is 0.324. The Morgan fingerprint density at radius 3 is 2.71 bits per heavy atom. The third kappa shape index (κ3) is 4.96. The average Bonchev–Trinajstić information content (AvgIpc) is 2.46. The predicted octanol–water partition coefficient (Wildman–Crippen LogP) is 1.65. The summed E-state index contributed by atoms with van der Waals surface area (Å²) < 4.78 is 5.73. The molecule has 0 spiro atoms. The third-order valence-corrected chi connectivity index (χ3v) is 3.49. The molecule has 0 radical (unpaired) electrons. The molecule has 2 heterocycles. The summed E-state index contributed by atoms with van der Waals surface area (Å²) in [4.78, 5) is 10.6. The molecule has 0 saturated carbocycles. The van der Waals surface area contributed by atoms with Gasteiger partial charge in [-0.25, -0.2) is 9.97 Å². The normalized spacial score (nSPS) is 22.7. The number of hydrogen-bond donors (Lipinski definition) is 1. The second-order valence-corrected chi connectivity index (χ2v) is 5.52. The van der Waals surface area contributed by atoms with Gasteiger partial charge in [-0.3, -0.25) is 4.90 Å². The second kappa shape index (κ2) is 7.91. The molecule has 0 aromatic carbocycles. The van der Waals surface area contributed by atoms with Crippen molar-refractivity contribution >= 4 is 5.82 Å². The van der Waals surface area contributed by atoms with Gasteiger partial charge in [-0.05, 0) is 33.2 Å². The molecule has 0 bridgehead atoms. The quantitative estimate of drug-likeness (QED) is 0.803. The minimum Gasteiger partial charge on any atom is -0.373 e. The molecule has 1 aliphatic heterocycles. The van der Waals surface area contributed by atoms with E-state index >= 15 is 0 Å². The fourth-order valence-corrected chi connectivity index (χ4v) is 2.68. The van der Waals surface area contributed by atoms with E-state index in [0.29, 0.717) is 23.7 Å². The largest absolute Gasteiger partial charge is 0.373 e. The highest BCUT2D eigenvalue weighted by molar-refractivity contribution is 5.46. The summed E-state index contributed by atoms with van der Waals surface area (Å²) in [5.41, 5.74) is 0.355. The van der Waals surface area contributed by atoms with Crippen LogP contribution in [0.15, 0.2) is 12.4 Å². The van der Waals surface area contributed by atoms with Crippen molar-refractivity contribution in [3.8, 4) is 6.07 Å². The smallest absolute Gasteiger partial charge is 0.182 e. The van der Waals surface area contributed by atoms with Crippen LogP contribution in [-0.2, 0) is 4.74 Å². The van der Waals surface area contributed by atoms with E-state index in [-0.39, 0.29) is 0 Å². The first-order chi connectivity index (χ1) is 10.2. The Hall–Kier alpha value is -1.71. The fraction of sp³-hybridized carbons (Fsp3) is 0.667. The summed E-state index contributed by atoms with van der Waals surface area (Å²) >= 11 is 0. The highest BCUT2D eigenvalue weighted by Crippen LogP contribution is 2.11. The Kier molecular flexibility index (Phi) is 5.90. The number of nitrogens with one attached hydrogen (secondary N) is 1. The molecular formula is C15H23N5O. The number of unbranched alkanes of at least 4 members (excludes halogenated alkanes) is 1. The molecule has 1 N–H and O–H groups in total. The van der Waals surface area contributed by atoms with E-state index in [1.807, 2.05) is 6.07 Å². The predicted molar refractivity (Wildman–Crippen MR) is 80.9 cm³/mol. The van der Waals surface area contributed by atoms with E-state index < -0.39 is 0 Å². The van der Waals surface area contributed by atoms with Crippen LogP contribution in [0, 0.1) is 11.3 Å². The summed E-state index contributed by atoms with van der Waals surface area (Å²) in [6, 6.07) is 2.04. The Labute approximate surface area is 126 Å². The molecule has 0 aliphatic carbocycles. The van der Waals surface area contributed by atoms with Gasteiger partial charge in [0.2, 0.25) is 0 Å². The number of rotatable bonds is 6. The minimum absolute atomic E-state index is 0.324. The summed E-state index contributed by atoms with van der Waals surface area (Å²) in [6.45, 7) is 8.18. The van der Waals surface area contributed by atoms with E-state index in [9.17, 15) is 0 Å². The standard InChI is InChI=1S/C15H23N5O/c1-12-10-20(11-13(2)21-12)8-4-3-5-18-15-14(9-16)17-6-7-19-15/h6-7,12-13H,3-5,8,10-11H2,1-2H3,(H,18,19)/t12-,13-/m0/s1. The highest BCUT2D eigenvalue weighted by Gasteiger charge is 2.21. The number of ether oxygens (including phenoxy) is 1. The Morgan fingerprint density at radius 1 is 1.29 bits per heavy atom. The van der Waals surface area contributed by atoms with Gasteiger partial charge in [-0.1, -0.05) is 0 Å². The van der Waals surface area contributed by atoms with Crippen LogP contribution in [0.1, 0.15) is 32.4 Å². The monoisotopic (exact) mass is 289 g/mol. The summed E-state index contributed by atoms with van der Waals surface area (Å²) in [5.74, 6) is 0.577. The fourth-order valence-electron chi connectivity index (χ4n) is 2.68. The number of nitrogens with zero attached hydrogens (tertiary/aromatic N) is 4. The molecule has 1 saturated heterocycles. The van der Waals surface area contributed by atoms with E-state index in [1.165, 1.54) is 6.20 Å². The Morgan fingerprint density at radius 2 is 2.00 bits per heavy atom. The van der Waals surface area contributed by atoms with Gasteiger partial charge < -0.3 is 10.1 Å². The number of hydrogen-bond acceptors (Lipinski definition) is 6. The van der Waals surface area contributed by atoms with Gasteiger partial charge in [0.1, 0.15) is 6.07 Å². The molecule has 1 aromatic heterocycles. The molecular weight excluding hydrogens is 266 g/mol. The molecule has 21 heavy (non-hydrogen) atoms. The highest BCUT2D eigenvalue weighted by atomic mass is 16.5. The topological polar surface area (TPSA) is 74.1 Å². The van der Waals surface area contributed by atoms with Gasteiger partial charge in [0.05, 0.1) is 12.2 Å². The van der Waals surface area contributed by atoms with Crippen molar-refractivity contribution < 1.29 is 4.74 Å². The lowest BCUT2D eigenvalue weighted by Gasteiger charge is -2.35. The van der Waals surface area contributed by atoms with Crippen LogP contribution in [0.3, 0.4) is 0 Å². The molecule has 114 valence electrons. The maximum absolute atomic E-state index is 8.93. The van der Waals surface area contributed by atoms with Crippen molar-refractivity contribution in [3.05, 3.63) is 18.1 Å². The summed E-state index contributed by atoms with van der Waals surface area (Å²) in [6.07, 6.45) is 5.94. The average molecular weight is 289 g/mol. The zero-order chi connectivity index (χ0) is 15.1. The number of nitriles is 1. The van der Waals surface area contributed by atoms with Crippen molar-refractivity contribution in [1.82, 2.24) is 14.9 Å². The van der Waals surface area contributed by atoms with Gasteiger partial charge in [-0.2, -0.15) is 5.26 Å². The molecule has 1 aromatic rings. The van der Waals surface area contributed by atoms with E-state index in [0.717, 1.165) is 39.0 Å². The lowest BCUT2D eigenvalue weighted by molar-refractivity contribution is -0.0681. The van der Waals surface area contributed by atoms with Crippen LogP contribution >= 0.6 is 0 Å². The molecule has 2 rings (SSSR count). The van der Waals surface area contributed by atoms with Gasteiger partial charge in [0.25, 0.3) is 0 Å². The van der Waals surface area contributed by atoms with Crippen LogP contribution in [0.4, 0.5) is 5.82 Å². The van der Waals surface area contributed by atoms with E-state index in [2.05, 4.69) is 34.0 Å². The van der Waals surface area contributed by atoms with Crippen molar-refractivity contribution in [2.45, 2.75) is 38.9 Å². The maximum Gasteiger partial charge on any atom is 0.182 e. The first-order valence-corrected chi connectivity index (χ1v) is 7.52. The van der Waals surface area contributed by atoms with Gasteiger partial charge in [-0.15, -0.1) is 0 Å². The maximum atomic E-state index is 8.93. The van der Waals surface area contributed by atoms with Gasteiger partial charge in [0.15, 0.2) is 11.5 Å². The molecule has 6 heteroatoms. The van der Waals surface area contributed by atoms with Crippen LogP contribution in [-0.4, -0.2) is 53.3 Å². The molecule has 0 amide bonds. The molecule has 0 unspecified atom stereocenters. The Balaban J connectivity index is 1.65. The SMILES string of the molecule is C[C@H]1CN(CCCCNc2nccnc2C#N)C[C@H](C)O1. The third-order valence-electron chi connectivity index (χ3n) is 3.49. The lowest BCUT2D eigenvalue weighted by Crippen LogP contribution is -2.45. The van der Waals surface area contributed by atoms with Gasteiger partial charge in [0, 0.05) is 32.0 Å². The van der Waals surface area contributed by atoms with Crippen molar-refractivity contribution in [2.24, 2.45) is 0 Å². The molecule has 2 atom stereocenters. The second-order valence-electron chi connectivity index (χ2n) is 5.52. The molecule has 6 nitrogen and oxygen atoms in total. The van der Waals surface area contributed by atoms with Crippen LogP contribution < -0.4 is 5.32 Å². The first kappa shape index (κ1) is 15.7. The van der Waals surface area contributed by atoms with Crippen LogP contribution in [0.2, 0.25) is 0 Å².